The Morgan fingerprint density at radius 2 is 1.95 bits per heavy atom. The maximum absolute atomic E-state index is 6.01. The maximum Gasteiger partial charge on any atom is 0.188 e. The lowest BCUT2D eigenvalue weighted by atomic mass is 10.1. The number of halogens is 1. The van der Waals surface area contributed by atoms with Crippen molar-refractivity contribution in [3.05, 3.63) is 52.5 Å². The first-order valence-corrected chi connectivity index (χ1v) is 7.92. The Bertz CT molecular complexity index is 794. The molecule has 2 nitrogen and oxygen atoms in total. The molecule has 0 bridgehead atoms. The van der Waals surface area contributed by atoms with Gasteiger partial charge in [-0.2, -0.15) is 0 Å². The molecular formula is C16H13ClN2S. The number of anilines is 2. The third kappa shape index (κ3) is 2.17. The molecule has 0 saturated heterocycles. The van der Waals surface area contributed by atoms with E-state index in [1.165, 1.54) is 30.4 Å². The summed E-state index contributed by atoms with van der Waals surface area (Å²) >= 11 is 7.64. The van der Waals surface area contributed by atoms with Crippen molar-refractivity contribution in [2.24, 2.45) is 0 Å². The second-order valence-corrected chi connectivity index (χ2v) is 6.56. The van der Waals surface area contributed by atoms with Gasteiger partial charge in [0.05, 0.1) is 10.2 Å². The molecule has 0 saturated carbocycles. The highest BCUT2D eigenvalue weighted by atomic mass is 35.5. The molecular weight excluding hydrogens is 288 g/mol. The highest BCUT2D eigenvalue weighted by Gasteiger charge is 2.11. The topological polar surface area (TPSA) is 24.9 Å². The molecule has 3 aromatic rings. The zero-order valence-electron chi connectivity index (χ0n) is 10.8. The van der Waals surface area contributed by atoms with Crippen LogP contribution in [0.25, 0.3) is 10.2 Å². The van der Waals surface area contributed by atoms with E-state index in [2.05, 4.69) is 28.5 Å². The molecule has 1 aromatic heterocycles. The molecule has 1 heterocycles. The molecule has 2 aromatic carbocycles. The van der Waals surface area contributed by atoms with Crippen LogP contribution in [0.2, 0.25) is 5.02 Å². The molecule has 1 N–H and O–H groups in total. The summed E-state index contributed by atoms with van der Waals surface area (Å²) in [6.45, 7) is 0. The van der Waals surface area contributed by atoms with E-state index in [1.807, 2.05) is 18.2 Å². The van der Waals surface area contributed by atoms with Crippen molar-refractivity contribution in [3.63, 3.8) is 0 Å². The van der Waals surface area contributed by atoms with Gasteiger partial charge in [-0.1, -0.05) is 29.0 Å². The van der Waals surface area contributed by atoms with Gasteiger partial charge in [0.2, 0.25) is 0 Å². The van der Waals surface area contributed by atoms with E-state index in [0.29, 0.717) is 0 Å². The maximum atomic E-state index is 6.01. The second kappa shape index (κ2) is 4.76. The minimum absolute atomic E-state index is 0.755. The van der Waals surface area contributed by atoms with Gasteiger partial charge in [0.1, 0.15) is 0 Å². The quantitative estimate of drug-likeness (QED) is 0.705. The Labute approximate surface area is 126 Å². The van der Waals surface area contributed by atoms with Crippen molar-refractivity contribution in [2.45, 2.75) is 19.3 Å². The van der Waals surface area contributed by atoms with Gasteiger partial charge in [-0.25, -0.2) is 4.98 Å². The zero-order valence-corrected chi connectivity index (χ0v) is 12.4. The van der Waals surface area contributed by atoms with Crippen LogP contribution < -0.4 is 5.32 Å². The first-order valence-electron chi connectivity index (χ1n) is 6.73. The zero-order chi connectivity index (χ0) is 13.5. The summed E-state index contributed by atoms with van der Waals surface area (Å²) in [6, 6.07) is 12.4. The summed E-state index contributed by atoms with van der Waals surface area (Å²) in [5.74, 6) is 0. The fourth-order valence-corrected chi connectivity index (χ4v) is 3.89. The van der Waals surface area contributed by atoms with Crippen molar-refractivity contribution in [1.29, 1.82) is 0 Å². The summed E-state index contributed by atoms with van der Waals surface area (Å²) in [6.07, 6.45) is 3.69. The Morgan fingerprint density at radius 1 is 1.05 bits per heavy atom. The van der Waals surface area contributed by atoms with Crippen LogP contribution in [-0.2, 0) is 12.8 Å². The predicted molar refractivity (Wildman–Crippen MR) is 86.4 cm³/mol. The van der Waals surface area contributed by atoms with Crippen LogP contribution in [0.15, 0.2) is 36.4 Å². The SMILES string of the molecule is Clc1ccc2nc(Nc3ccc4c(c3)CCC4)sc2c1. The van der Waals surface area contributed by atoms with Crippen LogP contribution in [0.1, 0.15) is 17.5 Å². The lowest BCUT2D eigenvalue weighted by molar-refractivity contribution is 0.912. The lowest BCUT2D eigenvalue weighted by Gasteiger charge is -2.05. The number of hydrogen-bond acceptors (Lipinski definition) is 3. The average molecular weight is 301 g/mol. The van der Waals surface area contributed by atoms with E-state index in [9.17, 15) is 0 Å². The molecule has 0 radical (unpaired) electrons. The van der Waals surface area contributed by atoms with Crippen LogP contribution in [-0.4, -0.2) is 4.98 Å². The van der Waals surface area contributed by atoms with Crippen molar-refractivity contribution in [1.82, 2.24) is 4.98 Å². The summed E-state index contributed by atoms with van der Waals surface area (Å²) in [5.41, 5.74) is 5.07. The molecule has 4 heteroatoms. The van der Waals surface area contributed by atoms with Gasteiger partial charge in [-0.05, 0) is 60.7 Å². The molecule has 0 spiro atoms. The van der Waals surface area contributed by atoms with Crippen molar-refractivity contribution in [2.75, 3.05) is 5.32 Å². The number of hydrogen-bond donors (Lipinski definition) is 1. The monoisotopic (exact) mass is 300 g/mol. The highest BCUT2D eigenvalue weighted by molar-refractivity contribution is 7.22. The number of fused-ring (bicyclic) bond motifs is 2. The van der Waals surface area contributed by atoms with Gasteiger partial charge in [0, 0.05) is 10.7 Å². The van der Waals surface area contributed by atoms with Crippen LogP contribution in [0.4, 0.5) is 10.8 Å². The van der Waals surface area contributed by atoms with E-state index < -0.39 is 0 Å². The van der Waals surface area contributed by atoms with Gasteiger partial charge < -0.3 is 5.32 Å². The smallest absolute Gasteiger partial charge is 0.188 e. The third-order valence-electron chi connectivity index (χ3n) is 3.70. The Morgan fingerprint density at radius 3 is 2.90 bits per heavy atom. The largest absolute Gasteiger partial charge is 0.332 e. The second-order valence-electron chi connectivity index (χ2n) is 5.09. The molecule has 1 aliphatic carbocycles. The average Bonchev–Trinajstić information content (AvgIpc) is 3.03. The first-order chi connectivity index (χ1) is 9.78. The van der Waals surface area contributed by atoms with Gasteiger partial charge in [0.25, 0.3) is 0 Å². The Balaban J connectivity index is 1.66. The van der Waals surface area contributed by atoms with E-state index >= 15 is 0 Å². The van der Waals surface area contributed by atoms with Crippen LogP contribution >= 0.6 is 22.9 Å². The van der Waals surface area contributed by atoms with Crippen molar-refractivity contribution in [3.8, 4) is 0 Å². The number of rotatable bonds is 2. The molecule has 100 valence electrons. The third-order valence-corrected chi connectivity index (χ3v) is 4.87. The Kier molecular flexibility index (Phi) is 2.90. The normalized spacial score (nSPS) is 13.7. The van der Waals surface area contributed by atoms with Crippen molar-refractivity contribution < 1.29 is 0 Å². The highest BCUT2D eigenvalue weighted by Crippen LogP contribution is 2.31. The van der Waals surface area contributed by atoms with E-state index in [-0.39, 0.29) is 0 Å². The van der Waals surface area contributed by atoms with Gasteiger partial charge in [-0.15, -0.1) is 0 Å². The lowest BCUT2D eigenvalue weighted by Crippen LogP contribution is -1.91. The Hall–Kier alpha value is -1.58. The number of aromatic nitrogens is 1. The van der Waals surface area contributed by atoms with Gasteiger partial charge in [-0.3, -0.25) is 0 Å². The molecule has 0 fully saturated rings. The fraction of sp³-hybridized carbons (Fsp3) is 0.188. The fourth-order valence-electron chi connectivity index (χ4n) is 2.72. The summed E-state index contributed by atoms with van der Waals surface area (Å²) in [5, 5.41) is 5.08. The first kappa shape index (κ1) is 12.2. The molecule has 20 heavy (non-hydrogen) atoms. The minimum Gasteiger partial charge on any atom is -0.332 e. The van der Waals surface area contributed by atoms with Crippen LogP contribution in [0.5, 0.6) is 0 Å². The van der Waals surface area contributed by atoms with Crippen molar-refractivity contribution >= 4 is 44.0 Å². The van der Waals surface area contributed by atoms with E-state index in [4.69, 9.17) is 11.6 Å². The molecule has 4 rings (SSSR count). The summed E-state index contributed by atoms with van der Waals surface area (Å²) in [7, 11) is 0. The van der Waals surface area contributed by atoms with Crippen LogP contribution in [0.3, 0.4) is 0 Å². The molecule has 0 unspecified atom stereocenters. The number of nitrogens with zero attached hydrogens (tertiary/aromatic N) is 1. The molecule has 0 atom stereocenters. The minimum atomic E-state index is 0.755. The number of thiazole rings is 1. The number of nitrogens with one attached hydrogen (secondary N) is 1. The molecule has 0 aliphatic heterocycles. The number of aryl methyl sites for hydroxylation is 2. The summed E-state index contributed by atoms with van der Waals surface area (Å²) in [4.78, 5) is 4.59. The number of benzene rings is 2. The molecule has 0 amide bonds. The van der Waals surface area contributed by atoms with E-state index in [0.717, 1.165) is 26.1 Å². The van der Waals surface area contributed by atoms with Crippen LogP contribution in [0, 0.1) is 0 Å². The van der Waals surface area contributed by atoms with Gasteiger partial charge in [0.15, 0.2) is 5.13 Å². The predicted octanol–water partition coefficient (Wildman–Crippen LogP) is 5.18. The van der Waals surface area contributed by atoms with Gasteiger partial charge >= 0.3 is 0 Å². The summed E-state index contributed by atoms with van der Waals surface area (Å²) < 4.78 is 1.11. The standard InChI is InChI=1S/C16H13ClN2S/c17-12-5-7-14-15(9-12)20-16(19-14)18-13-6-4-10-2-1-3-11(10)8-13/h4-9H,1-3H2,(H,18,19). The molecule has 1 aliphatic rings. The van der Waals surface area contributed by atoms with E-state index in [1.54, 1.807) is 11.3 Å².